The normalized spacial score (nSPS) is 26.0. The van der Waals surface area contributed by atoms with Crippen LogP contribution in [0.4, 0.5) is 4.79 Å². The molecule has 0 unspecified atom stereocenters. The lowest BCUT2D eigenvalue weighted by atomic mass is 10.1. The molecule has 4 atom stereocenters. The number of methoxy groups -OCH3 is 1. The molecule has 3 aliphatic rings. The number of carboxylic acids is 1. The van der Waals surface area contributed by atoms with E-state index in [2.05, 4.69) is 10.3 Å². The summed E-state index contributed by atoms with van der Waals surface area (Å²) in [6.07, 6.45) is 6.20. The molecular formula is C33H38N6O6. The van der Waals surface area contributed by atoms with Crippen LogP contribution in [0.5, 0.6) is 11.6 Å². The summed E-state index contributed by atoms with van der Waals surface area (Å²) in [5.41, 5.74) is 1.47. The number of allylic oxidation sites excluding steroid dienone is 1. The number of hydrogen-bond donors (Lipinski definition) is 2. The highest BCUT2D eigenvalue weighted by molar-refractivity contribution is 5.95. The SMILES string of the molecule is COc1ccc2c(O[C@@H]3C[C@H]4C(=O)N[C@]5(C(=O)O)C[C@H]5/C=C\CCCCN(C)C(=O)N4C3)nc(-c3cccc(C)n3)nc2c1C. The van der Waals surface area contributed by atoms with Crippen molar-refractivity contribution in [2.45, 2.75) is 63.6 Å². The summed E-state index contributed by atoms with van der Waals surface area (Å²) >= 11 is 0. The van der Waals surface area contributed by atoms with Gasteiger partial charge in [0.2, 0.25) is 11.8 Å². The zero-order valence-corrected chi connectivity index (χ0v) is 25.9. The summed E-state index contributed by atoms with van der Waals surface area (Å²) in [6, 6.07) is 8.04. The van der Waals surface area contributed by atoms with Gasteiger partial charge >= 0.3 is 12.0 Å². The first-order valence-corrected chi connectivity index (χ1v) is 15.3. The number of aromatic nitrogens is 3. The lowest BCUT2D eigenvalue weighted by molar-refractivity contribution is -0.144. The van der Waals surface area contributed by atoms with Crippen LogP contribution in [-0.2, 0) is 9.59 Å². The Morgan fingerprint density at radius 2 is 1.93 bits per heavy atom. The van der Waals surface area contributed by atoms with Crippen LogP contribution < -0.4 is 14.8 Å². The van der Waals surface area contributed by atoms with Crippen molar-refractivity contribution in [3.05, 3.63) is 53.7 Å². The average Bonchev–Trinajstić information content (AvgIpc) is 3.56. The summed E-state index contributed by atoms with van der Waals surface area (Å²) in [4.78, 5) is 57.0. The highest BCUT2D eigenvalue weighted by Crippen LogP contribution is 2.45. The summed E-state index contributed by atoms with van der Waals surface area (Å²) < 4.78 is 12.1. The number of aliphatic carboxylic acids is 1. The number of rotatable bonds is 5. The Labute approximate surface area is 261 Å². The van der Waals surface area contributed by atoms with Gasteiger partial charge in [0.05, 0.1) is 24.6 Å². The molecule has 3 amide bonds. The molecule has 2 N–H and O–H groups in total. The van der Waals surface area contributed by atoms with Crippen LogP contribution in [-0.4, -0.2) is 92.7 Å². The molecule has 4 heterocycles. The third-order valence-electron chi connectivity index (χ3n) is 9.02. The van der Waals surface area contributed by atoms with Gasteiger partial charge in [-0.1, -0.05) is 18.2 Å². The molecular weight excluding hydrogens is 576 g/mol. The average molecular weight is 615 g/mol. The maximum atomic E-state index is 13.7. The monoisotopic (exact) mass is 614 g/mol. The predicted octanol–water partition coefficient (Wildman–Crippen LogP) is 3.89. The van der Waals surface area contributed by atoms with Gasteiger partial charge in [-0.15, -0.1) is 0 Å². The van der Waals surface area contributed by atoms with E-state index < -0.39 is 29.6 Å². The quantitative estimate of drug-likeness (QED) is 0.409. The topological polar surface area (TPSA) is 147 Å². The highest BCUT2D eigenvalue weighted by Gasteiger charge is 2.61. The van der Waals surface area contributed by atoms with Gasteiger partial charge in [0.1, 0.15) is 29.1 Å². The largest absolute Gasteiger partial charge is 0.496 e. The van der Waals surface area contributed by atoms with Crippen LogP contribution in [0.3, 0.4) is 0 Å². The van der Waals surface area contributed by atoms with Crippen LogP contribution in [0, 0.1) is 19.8 Å². The van der Waals surface area contributed by atoms with E-state index in [0.29, 0.717) is 47.0 Å². The molecule has 1 saturated carbocycles. The highest BCUT2D eigenvalue weighted by atomic mass is 16.5. The number of carboxylic acid groups (broad SMARTS) is 1. The van der Waals surface area contributed by atoms with Crippen molar-refractivity contribution in [1.82, 2.24) is 30.1 Å². The predicted molar refractivity (Wildman–Crippen MR) is 166 cm³/mol. The smallest absolute Gasteiger partial charge is 0.330 e. The van der Waals surface area contributed by atoms with Crippen LogP contribution in [0.25, 0.3) is 22.4 Å². The first kappa shape index (κ1) is 30.3. The number of urea groups is 1. The fourth-order valence-corrected chi connectivity index (χ4v) is 6.33. The second kappa shape index (κ2) is 12.0. The molecule has 1 aliphatic carbocycles. The van der Waals surface area contributed by atoms with Crippen molar-refractivity contribution in [2.24, 2.45) is 5.92 Å². The zero-order valence-electron chi connectivity index (χ0n) is 25.9. The van der Waals surface area contributed by atoms with Gasteiger partial charge in [-0.25, -0.2) is 19.6 Å². The molecule has 0 bridgehead atoms. The number of pyridine rings is 1. The van der Waals surface area contributed by atoms with Gasteiger partial charge in [0.15, 0.2) is 5.82 Å². The number of nitrogens with zero attached hydrogens (tertiary/aromatic N) is 5. The van der Waals surface area contributed by atoms with Crippen LogP contribution in [0.2, 0.25) is 0 Å². The molecule has 236 valence electrons. The van der Waals surface area contributed by atoms with E-state index in [1.54, 1.807) is 19.1 Å². The number of nitrogens with one attached hydrogen (secondary N) is 1. The van der Waals surface area contributed by atoms with E-state index in [4.69, 9.17) is 19.4 Å². The Hall–Kier alpha value is -4.74. The van der Waals surface area contributed by atoms with E-state index in [1.165, 1.54) is 4.90 Å². The number of fused-ring (bicyclic) bond motifs is 3. The molecule has 2 fully saturated rings. The lowest BCUT2D eigenvalue weighted by Crippen LogP contribution is -2.54. The second-order valence-electron chi connectivity index (χ2n) is 12.2. The fraction of sp³-hybridized carbons (Fsp3) is 0.455. The van der Waals surface area contributed by atoms with E-state index in [0.717, 1.165) is 30.5 Å². The van der Waals surface area contributed by atoms with Crippen molar-refractivity contribution in [2.75, 3.05) is 27.2 Å². The van der Waals surface area contributed by atoms with Gasteiger partial charge in [-0.2, -0.15) is 4.98 Å². The van der Waals surface area contributed by atoms with E-state index in [-0.39, 0.29) is 24.9 Å². The minimum absolute atomic E-state index is 0.128. The molecule has 6 rings (SSSR count). The molecule has 45 heavy (non-hydrogen) atoms. The first-order chi connectivity index (χ1) is 21.6. The number of benzene rings is 1. The Kier molecular flexibility index (Phi) is 8.07. The molecule has 2 aromatic heterocycles. The van der Waals surface area contributed by atoms with Gasteiger partial charge in [-0.3, -0.25) is 4.79 Å². The standard InChI is InChI=1S/C33H38N6O6/c1-19-10-9-12-24(34-19)28-35-27-20(2)26(44-4)14-13-23(27)30(36-28)45-22-16-25-29(40)37-33(31(41)42)17-21(33)11-7-5-6-8-15-38(3)32(43)39(25)18-22/h7,9-14,21-22,25H,5-6,8,15-18H2,1-4H3,(H,37,40)(H,41,42)/b11-7-/t21-,22-,25+,33-/m1/s1. The molecule has 0 radical (unpaired) electrons. The molecule has 0 spiro atoms. The number of carbonyl (C=O) groups is 3. The van der Waals surface area contributed by atoms with Gasteiger partial charge in [0.25, 0.3) is 0 Å². The van der Waals surface area contributed by atoms with Crippen LogP contribution in [0.15, 0.2) is 42.5 Å². The molecule has 1 saturated heterocycles. The maximum absolute atomic E-state index is 13.7. The van der Waals surface area contributed by atoms with Gasteiger partial charge in [0, 0.05) is 37.2 Å². The fourth-order valence-electron chi connectivity index (χ4n) is 6.33. The van der Waals surface area contributed by atoms with Crippen molar-refractivity contribution in [1.29, 1.82) is 0 Å². The van der Waals surface area contributed by atoms with Gasteiger partial charge in [-0.05, 0) is 63.8 Å². The van der Waals surface area contributed by atoms with E-state index >= 15 is 0 Å². The van der Waals surface area contributed by atoms with E-state index in [9.17, 15) is 19.5 Å². The third kappa shape index (κ3) is 5.76. The zero-order chi connectivity index (χ0) is 31.9. The van der Waals surface area contributed by atoms with Crippen molar-refractivity contribution < 1.29 is 29.0 Å². The minimum atomic E-state index is -1.37. The van der Waals surface area contributed by atoms with Crippen molar-refractivity contribution in [3.8, 4) is 23.1 Å². The van der Waals surface area contributed by atoms with Crippen molar-refractivity contribution in [3.63, 3.8) is 0 Å². The molecule has 12 nitrogen and oxygen atoms in total. The number of ether oxygens (including phenoxy) is 2. The summed E-state index contributed by atoms with van der Waals surface area (Å²) in [6.45, 7) is 4.47. The first-order valence-electron chi connectivity index (χ1n) is 15.3. The summed E-state index contributed by atoms with van der Waals surface area (Å²) in [5.74, 6) is -0.527. The minimum Gasteiger partial charge on any atom is -0.496 e. The Morgan fingerprint density at radius 3 is 2.69 bits per heavy atom. The Balaban J connectivity index is 1.35. The molecule has 1 aromatic carbocycles. The number of carbonyl (C=O) groups excluding carboxylic acids is 2. The number of amides is 3. The van der Waals surface area contributed by atoms with E-state index in [1.807, 2.05) is 56.3 Å². The molecule has 3 aromatic rings. The van der Waals surface area contributed by atoms with Crippen LogP contribution >= 0.6 is 0 Å². The third-order valence-corrected chi connectivity index (χ3v) is 9.02. The second-order valence-corrected chi connectivity index (χ2v) is 12.2. The number of aryl methyl sites for hydroxylation is 2. The molecule has 2 aliphatic heterocycles. The number of hydrogen-bond acceptors (Lipinski definition) is 8. The molecule has 12 heteroatoms. The summed E-state index contributed by atoms with van der Waals surface area (Å²) in [7, 11) is 3.32. The van der Waals surface area contributed by atoms with Gasteiger partial charge < -0.3 is 29.7 Å². The maximum Gasteiger partial charge on any atom is 0.330 e. The Bertz CT molecular complexity index is 1690. The van der Waals surface area contributed by atoms with Crippen LogP contribution in [0.1, 0.15) is 43.4 Å². The van der Waals surface area contributed by atoms with Crippen molar-refractivity contribution >= 4 is 28.8 Å². The lowest BCUT2D eigenvalue weighted by Gasteiger charge is -2.29. The Morgan fingerprint density at radius 1 is 1.11 bits per heavy atom. The summed E-state index contributed by atoms with van der Waals surface area (Å²) in [5, 5.41) is 13.5.